The molecular weight excluding hydrogens is 268 g/mol. The molecule has 2 aromatic rings. The van der Waals surface area contributed by atoms with Crippen molar-refractivity contribution < 1.29 is 9.59 Å². The van der Waals surface area contributed by atoms with Gasteiger partial charge in [0, 0.05) is 37.6 Å². The van der Waals surface area contributed by atoms with Gasteiger partial charge in [-0.25, -0.2) is 4.98 Å². The molecule has 0 aliphatic carbocycles. The first kappa shape index (κ1) is 13.4. The Bertz CT molecular complexity index is 714. The molecule has 1 aromatic carbocycles. The van der Waals surface area contributed by atoms with Crippen LogP contribution in [-0.2, 0) is 4.79 Å². The third-order valence-electron chi connectivity index (χ3n) is 3.66. The third kappa shape index (κ3) is 2.52. The largest absolute Gasteiger partial charge is 0.383 e. The molecule has 0 saturated carbocycles. The number of aromatic nitrogens is 1. The van der Waals surface area contributed by atoms with Gasteiger partial charge in [0.25, 0.3) is 5.91 Å². The molecule has 0 bridgehead atoms. The summed E-state index contributed by atoms with van der Waals surface area (Å²) in [5.74, 6) is 0.274. The van der Waals surface area contributed by atoms with Crippen molar-refractivity contribution in [3.8, 4) is 0 Å². The smallest absolute Gasteiger partial charge is 0.256 e. The van der Waals surface area contributed by atoms with E-state index in [1.54, 1.807) is 4.90 Å². The molecule has 21 heavy (non-hydrogen) atoms. The number of fused-ring (bicyclic) bond motifs is 1. The van der Waals surface area contributed by atoms with Gasteiger partial charge in [-0.3, -0.25) is 9.59 Å². The van der Waals surface area contributed by atoms with Crippen LogP contribution in [0, 0.1) is 0 Å². The minimum Gasteiger partial charge on any atom is -0.383 e. The molecule has 1 fully saturated rings. The van der Waals surface area contributed by atoms with Crippen molar-refractivity contribution in [1.82, 2.24) is 15.2 Å². The lowest BCUT2D eigenvalue weighted by Gasteiger charge is -2.20. The highest BCUT2D eigenvalue weighted by atomic mass is 16.2. The van der Waals surface area contributed by atoms with Crippen LogP contribution in [0.15, 0.2) is 30.5 Å². The topological polar surface area (TPSA) is 88.3 Å². The molecule has 2 heterocycles. The van der Waals surface area contributed by atoms with Crippen LogP contribution in [0.5, 0.6) is 0 Å². The fourth-order valence-corrected chi connectivity index (χ4v) is 2.53. The number of amides is 2. The van der Waals surface area contributed by atoms with Crippen molar-refractivity contribution in [3.05, 3.63) is 36.0 Å². The summed E-state index contributed by atoms with van der Waals surface area (Å²) < 4.78 is 0. The standard InChI is InChI=1S/C15H16N4O2/c16-14-11-4-2-1-3-10(11)12(9-18-14)15(21)19-7-5-13(20)17-6-8-19/h1-4,9H,5-8H2,(H2,16,18)(H,17,20). The number of pyridine rings is 1. The molecule has 2 amide bonds. The predicted octanol–water partition coefficient (Wildman–Crippen LogP) is 0.779. The molecule has 0 radical (unpaired) electrons. The number of nitrogens with one attached hydrogen (secondary N) is 1. The van der Waals surface area contributed by atoms with Crippen LogP contribution < -0.4 is 11.1 Å². The Kier molecular flexibility index (Phi) is 3.43. The Morgan fingerprint density at radius 1 is 1.24 bits per heavy atom. The SMILES string of the molecule is Nc1ncc(C(=O)N2CCNC(=O)CC2)c2ccccc12. The molecule has 3 rings (SSSR count). The van der Waals surface area contributed by atoms with Gasteiger partial charge in [0.1, 0.15) is 5.82 Å². The number of rotatable bonds is 1. The van der Waals surface area contributed by atoms with Crippen molar-refractivity contribution in [2.75, 3.05) is 25.4 Å². The molecule has 1 aromatic heterocycles. The van der Waals surface area contributed by atoms with Crippen LogP contribution in [0.3, 0.4) is 0 Å². The van der Waals surface area contributed by atoms with Gasteiger partial charge in [-0.05, 0) is 5.39 Å². The fourth-order valence-electron chi connectivity index (χ4n) is 2.53. The van der Waals surface area contributed by atoms with E-state index in [-0.39, 0.29) is 11.8 Å². The monoisotopic (exact) mass is 284 g/mol. The predicted molar refractivity (Wildman–Crippen MR) is 79.7 cm³/mol. The number of nitrogens with zero attached hydrogens (tertiary/aromatic N) is 2. The first-order valence-corrected chi connectivity index (χ1v) is 6.86. The van der Waals surface area contributed by atoms with Gasteiger partial charge in [0.2, 0.25) is 5.91 Å². The van der Waals surface area contributed by atoms with E-state index in [9.17, 15) is 9.59 Å². The Balaban J connectivity index is 1.98. The van der Waals surface area contributed by atoms with Crippen LogP contribution in [-0.4, -0.2) is 41.3 Å². The first-order chi connectivity index (χ1) is 10.2. The first-order valence-electron chi connectivity index (χ1n) is 6.86. The minimum atomic E-state index is -0.116. The summed E-state index contributed by atoms with van der Waals surface area (Å²) in [5, 5.41) is 4.32. The summed E-state index contributed by atoms with van der Waals surface area (Å²) in [4.78, 5) is 29.8. The summed E-state index contributed by atoms with van der Waals surface area (Å²) in [5.41, 5.74) is 6.38. The number of benzene rings is 1. The van der Waals surface area contributed by atoms with Crippen LogP contribution in [0.2, 0.25) is 0 Å². The van der Waals surface area contributed by atoms with Crippen molar-refractivity contribution in [2.24, 2.45) is 0 Å². The number of hydrogen-bond acceptors (Lipinski definition) is 4. The molecule has 1 aliphatic rings. The van der Waals surface area contributed by atoms with Gasteiger partial charge in [0.05, 0.1) is 5.56 Å². The lowest BCUT2D eigenvalue weighted by atomic mass is 10.1. The van der Waals surface area contributed by atoms with Crippen molar-refractivity contribution in [2.45, 2.75) is 6.42 Å². The van der Waals surface area contributed by atoms with Gasteiger partial charge in [0.15, 0.2) is 0 Å². The van der Waals surface area contributed by atoms with Gasteiger partial charge >= 0.3 is 0 Å². The Morgan fingerprint density at radius 3 is 2.81 bits per heavy atom. The number of hydrogen-bond donors (Lipinski definition) is 2. The van der Waals surface area contributed by atoms with E-state index >= 15 is 0 Å². The van der Waals surface area contributed by atoms with Gasteiger partial charge in [-0.2, -0.15) is 0 Å². The highest BCUT2D eigenvalue weighted by molar-refractivity contribution is 6.09. The number of nitrogen functional groups attached to an aromatic ring is 1. The van der Waals surface area contributed by atoms with Crippen molar-refractivity contribution in [3.63, 3.8) is 0 Å². The molecule has 0 spiro atoms. The number of carbonyl (C=O) groups excluding carboxylic acids is 2. The van der Waals surface area contributed by atoms with Crippen LogP contribution in [0.25, 0.3) is 10.8 Å². The summed E-state index contributed by atoms with van der Waals surface area (Å²) in [6.07, 6.45) is 1.84. The van der Waals surface area contributed by atoms with Crippen LogP contribution >= 0.6 is 0 Å². The molecule has 6 heteroatoms. The van der Waals surface area contributed by atoms with Gasteiger partial charge in [-0.1, -0.05) is 24.3 Å². The van der Waals surface area contributed by atoms with E-state index in [0.29, 0.717) is 37.4 Å². The van der Waals surface area contributed by atoms with E-state index < -0.39 is 0 Å². The lowest BCUT2D eigenvalue weighted by molar-refractivity contribution is -0.120. The molecule has 0 unspecified atom stereocenters. The zero-order valence-electron chi connectivity index (χ0n) is 11.5. The summed E-state index contributed by atoms with van der Waals surface area (Å²) >= 11 is 0. The molecule has 3 N–H and O–H groups in total. The second-order valence-corrected chi connectivity index (χ2v) is 4.99. The van der Waals surface area contributed by atoms with E-state index in [1.807, 2.05) is 24.3 Å². The van der Waals surface area contributed by atoms with Crippen molar-refractivity contribution >= 4 is 28.4 Å². The molecular formula is C15H16N4O2. The van der Waals surface area contributed by atoms with E-state index in [4.69, 9.17) is 5.73 Å². The second-order valence-electron chi connectivity index (χ2n) is 4.99. The van der Waals surface area contributed by atoms with Crippen LogP contribution in [0.4, 0.5) is 5.82 Å². The maximum absolute atomic E-state index is 12.7. The molecule has 0 atom stereocenters. The van der Waals surface area contributed by atoms with Gasteiger partial charge in [-0.15, -0.1) is 0 Å². The molecule has 1 aliphatic heterocycles. The Morgan fingerprint density at radius 2 is 2.00 bits per heavy atom. The molecule has 108 valence electrons. The number of carbonyl (C=O) groups is 2. The highest BCUT2D eigenvalue weighted by Crippen LogP contribution is 2.23. The maximum Gasteiger partial charge on any atom is 0.256 e. The van der Waals surface area contributed by atoms with Crippen LogP contribution in [0.1, 0.15) is 16.8 Å². The quantitative estimate of drug-likeness (QED) is 0.810. The van der Waals surface area contributed by atoms with E-state index in [2.05, 4.69) is 10.3 Å². The Hall–Kier alpha value is -2.63. The molecule has 6 nitrogen and oxygen atoms in total. The number of anilines is 1. The van der Waals surface area contributed by atoms with Gasteiger partial charge < -0.3 is 16.0 Å². The van der Waals surface area contributed by atoms with Crippen molar-refractivity contribution in [1.29, 1.82) is 0 Å². The average molecular weight is 284 g/mol. The Labute approximate surface area is 121 Å². The lowest BCUT2D eigenvalue weighted by Crippen LogP contribution is -2.34. The minimum absolute atomic E-state index is 0.0226. The molecule has 1 saturated heterocycles. The summed E-state index contributed by atoms with van der Waals surface area (Å²) in [7, 11) is 0. The number of nitrogens with two attached hydrogens (primary N) is 1. The fraction of sp³-hybridized carbons (Fsp3) is 0.267. The van der Waals surface area contributed by atoms with E-state index in [1.165, 1.54) is 6.20 Å². The second kappa shape index (κ2) is 5.40. The summed E-state index contributed by atoms with van der Waals surface area (Å²) in [6.45, 7) is 1.40. The normalized spacial score (nSPS) is 15.6. The summed E-state index contributed by atoms with van der Waals surface area (Å²) in [6, 6.07) is 7.44. The third-order valence-corrected chi connectivity index (χ3v) is 3.66. The zero-order valence-corrected chi connectivity index (χ0v) is 11.5. The zero-order chi connectivity index (χ0) is 14.8. The maximum atomic E-state index is 12.7. The van der Waals surface area contributed by atoms with E-state index in [0.717, 1.165) is 10.8 Å². The average Bonchev–Trinajstić information content (AvgIpc) is 2.72. The highest BCUT2D eigenvalue weighted by Gasteiger charge is 2.22.